The first-order valence-electron chi connectivity index (χ1n) is 12.3. The quantitative estimate of drug-likeness (QED) is 0.467. The maximum absolute atomic E-state index is 12.6. The molecule has 8 nitrogen and oxygen atoms in total. The fourth-order valence-electron chi connectivity index (χ4n) is 4.76. The smallest absolute Gasteiger partial charge is 0.257 e. The fourth-order valence-corrected chi connectivity index (χ4v) is 4.76. The number of anilines is 1. The van der Waals surface area contributed by atoms with E-state index in [0.717, 1.165) is 29.7 Å². The summed E-state index contributed by atoms with van der Waals surface area (Å²) < 4.78 is 12.8. The molecule has 3 heterocycles. The second-order valence-corrected chi connectivity index (χ2v) is 9.37. The molecular weight excluding hydrogens is 458 g/mol. The number of likely N-dealkylation sites (tertiary alicyclic amines) is 1. The first-order valence-corrected chi connectivity index (χ1v) is 12.3. The largest absolute Gasteiger partial charge is 0.392 e. The molecule has 1 aromatic heterocycles. The van der Waals surface area contributed by atoms with Crippen molar-refractivity contribution in [3.63, 3.8) is 0 Å². The summed E-state index contributed by atoms with van der Waals surface area (Å²) in [5.74, 6) is -0.238. The van der Waals surface area contributed by atoms with Crippen LogP contribution in [0, 0.1) is 0 Å². The Morgan fingerprint density at radius 1 is 1.08 bits per heavy atom. The highest BCUT2D eigenvalue weighted by atomic mass is 16.7. The van der Waals surface area contributed by atoms with Gasteiger partial charge >= 0.3 is 0 Å². The molecule has 0 unspecified atom stereocenters. The number of nitrogens with one attached hydrogen (secondary N) is 1. The van der Waals surface area contributed by atoms with Gasteiger partial charge in [0.05, 0.1) is 30.5 Å². The van der Waals surface area contributed by atoms with Crippen molar-refractivity contribution in [3.05, 3.63) is 95.3 Å². The predicted molar refractivity (Wildman–Crippen MR) is 134 cm³/mol. The molecule has 0 spiro atoms. The van der Waals surface area contributed by atoms with E-state index in [9.17, 15) is 15.0 Å². The molecule has 2 aliphatic heterocycles. The first-order chi connectivity index (χ1) is 17.6. The summed E-state index contributed by atoms with van der Waals surface area (Å²) in [4.78, 5) is 18.8. The number of carbonyl (C=O) groups is 1. The van der Waals surface area contributed by atoms with Crippen molar-refractivity contribution in [2.24, 2.45) is 0 Å². The van der Waals surface area contributed by atoms with Gasteiger partial charge in [-0.05, 0) is 41.8 Å². The van der Waals surface area contributed by atoms with Gasteiger partial charge < -0.3 is 25.0 Å². The van der Waals surface area contributed by atoms with E-state index in [0.29, 0.717) is 30.8 Å². The van der Waals surface area contributed by atoms with E-state index in [1.54, 1.807) is 18.3 Å². The lowest BCUT2D eigenvalue weighted by Gasteiger charge is -2.38. The summed E-state index contributed by atoms with van der Waals surface area (Å²) in [6, 6.07) is 18.7. The lowest BCUT2D eigenvalue weighted by molar-refractivity contribution is -0.252. The fraction of sp³-hybridized carbons (Fsp3) is 0.357. The molecule has 0 radical (unpaired) electrons. The van der Waals surface area contributed by atoms with Crippen molar-refractivity contribution in [2.45, 2.75) is 44.1 Å². The number of aliphatic hydroxyl groups excluding tert-OH is 2. The maximum Gasteiger partial charge on any atom is 0.257 e. The van der Waals surface area contributed by atoms with Crippen LogP contribution in [0.4, 0.5) is 5.69 Å². The molecule has 4 atom stereocenters. The average Bonchev–Trinajstić information content (AvgIpc) is 3.33. The number of aromatic nitrogens is 1. The van der Waals surface area contributed by atoms with E-state index < -0.39 is 6.29 Å². The molecule has 2 aromatic carbocycles. The van der Waals surface area contributed by atoms with Crippen molar-refractivity contribution in [1.29, 1.82) is 0 Å². The van der Waals surface area contributed by atoms with Crippen LogP contribution in [0.1, 0.15) is 52.3 Å². The van der Waals surface area contributed by atoms with Crippen molar-refractivity contribution < 1.29 is 24.5 Å². The zero-order chi connectivity index (χ0) is 24.9. The van der Waals surface area contributed by atoms with E-state index in [2.05, 4.69) is 15.2 Å². The van der Waals surface area contributed by atoms with Gasteiger partial charge in [-0.25, -0.2) is 0 Å². The monoisotopic (exact) mass is 489 g/mol. The summed E-state index contributed by atoms with van der Waals surface area (Å²) in [6.45, 7) is 2.20. The molecule has 2 fully saturated rings. The highest BCUT2D eigenvalue weighted by Gasteiger charge is 2.34. The van der Waals surface area contributed by atoms with Gasteiger partial charge in [-0.2, -0.15) is 0 Å². The second kappa shape index (κ2) is 11.3. The van der Waals surface area contributed by atoms with Gasteiger partial charge in [-0.15, -0.1) is 0 Å². The van der Waals surface area contributed by atoms with Gasteiger partial charge in [-0.1, -0.05) is 36.4 Å². The summed E-state index contributed by atoms with van der Waals surface area (Å²) in [7, 11) is 0. The Labute approximate surface area is 210 Å². The number of benzene rings is 2. The highest BCUT2D eigenvalue weighted by Crippen LogP contribution is 2.39. The molecular formula is C28H31N3O5. The van der Waals surface area contributed by atoms with Crippen LogP contribution in [0.25, 0.3) is 0 Å². The van der Waals surface area contributed by atoms with Gasteiger partial charge in [0.25, 0.3) is 5.91 Å². The normalized spacial score (nSPS) is 24.5. The van der Waals surface area contributed by atoms with Crippen molar-refractivity contribution >= 4 is 11.6 Å². The average molecular weight is 490 g/mol. The minimum Gasteiger partial charge on any atom is -0.392 e. The number of hydrogen-bond acceptors (Lipinski definition) is 7. The topological polar surface area (TPSA) is 104 Å². The van der Waals surface area contributed by atoms with E-state index in [4.69, 9.17) is 9.47 Å². The van der Waals surface area contributed by atoms with E-state index >= 15 is 0 Å². The Balaban J connectivity index is 1.35. The Morgan fingerprint density at radius 3 is 2.67 bits per heavy atom. The molecule has 1 amide bonds. The van der Waals surface area contributed by atoms with Crippen LogP contribution in [0.15, 0.2) is 73.1 Å². The number of amides is 1. The lowest BCUT2D eigenvalue weighted by atomic mass is 9.99. The lowest BCUT2D eigenvalue weighted by Crippen LogP contribution is -2.38. The molecule has 2 aliphatic rings. The van der Waals surface area contributed by atoms with Crippen molar-refractivity contribution in [3.8, 4) is 0 Å². The number of aliphatic hydroxyl groups is 2. The molecule has 0 aliphatic carbocycles. The summed E-state index contributed by atoms with van der Waals surface area (Å²) in [6.07, 6.45) is 3.42. The number of nitrogens with zero attached hydrogens (tertiary/aromatic N) is 2. The third-order valence-corrected chi connectivity index (χ3v) is 6.66. The molecule has 36 heavy (non-hydrogen) atoms. The summed E-state index contributed by atoms with van der Waals surface area (Å²) in [5, 5.41) is 22.3. The van der Waals surface area contributed by atoms with Crippen LogP contribution in [-0.4, -0.2) is 57.8 Å². The minimum atomic E-state index is -0.617. The van der Waals surface area contributed by atoms with Gasteiger partial charge in [0, 0.05) is 49.7 Å². The van der Waals surface area contributed by atoms with Crippen LogP contribution in [0.5, 0.6) is 0 Å². The van der Waals surface area contributed by atoms with Gasteiger partial charge in [0.2, 0.25) is 0 Å². The maximum atomic E-state index is 12.6. The molecule has 0 saturated carbocycles. The van der Waals surface area contributed by atoms with E-state index in [-0.39, 0.29) is 30.8 Å². The molecule has 5 rings (SSSR count). The number of β-amino-alcohol motifs (C(OH)–C–C–N with tert-alkyl or cyclic N) is 1. The number of rotatable bonds is 7. The number of carbonyl (C=O) groups excluding carboxylic acids is 1. The Bertz CT molecular complexity index is 1160. The number of hydrogen-bond donors (Lipinski definition) is 3. The van der Waals surface area contributed by atoms with Crippen molar-refractivity contribution in [2.75, 3.05) is 25.0 Å². The van der Waals surface area contributed by atoms with Crippen molar-refractivity contribution in [1.82, 2.24) is 9.88 Å². The van der Waals surface area contributed by atoms with Crippen LogP contribution < -0.4 is 5.32 Å². The van der Waals surface area contributed by atoms with E-state index in [1.807, 2.05) is 48.5 Å². The molecule has 2 saturated heterocycles. The molecule has 3 aromatic rings. The van der Waals surface area contributed by atoms with Crippen LogP contribution >= 0.6 is 0 Å². The number of pyridine rings is 1. The summed E-state index contributed by atoms with van der Waals surface area (Å²) in [5.41, 5.74) is 3.80. The SMILES string of the molecule is O=C(Nc1cccc([C@H]2O[C@@H](CN3CC[C@H](O)C3)C[C@@H](c3ccc(CO)cc3)O2)c1)c1cccnc1. The Kier molecular flexibility index (Phi) is 7.69. The standard InChI is InChI=1S/C28H31N3O5/c32-18-19-6-8-20(9-7-19)26-14-25(17-31-12-10-24(33)16-31)35-28(36-26)21-3-1-5-23(13-21)30-27(34)22-4-2-11-29-15-22/h1-9,11,13,15,24-26,28,32-33H,10,12,14,16-18H2,(H,30,34)/t24-,25+,26-,28-/m0/s1. The third-order valence-electron chi connectivity index (χ3n) is 6.66. The predicted octanol–water partition coefficient (Wildman–Crippen LogP) is 3.44. The zero-order valence-electron chi connectivity index (χ0n) is 20.0. The first kappa shape index (κ1) is 24.5. The van der Waals surface area contributed by atoms with Gasteiger partial charge in [0.15, 0.2) is 6.29 Å². The highest BCUT2D eigenvalue weighted by molar-refractivity contribution is 6.04. The van der Waals surface area contributed by atoms with E-state index in [1.165, 1.54) is 6.20 Å². The van der Waals surface area contributed by atoms with Gasteiger partial charge in [0.1, 0.15) is 0 Å². The molecule has 3 N–H and O–H groups in total. The minimum absolute atomic E-state index is 0.00495. The molecule has 188 valence electrons. The Hall–Kier alpha value is -3.14. The zero-order valence-corrected chi connectivity index (χ0v) is 20.0. The van der Waals surface area contributed by atoms with Crippen LogP contribution in [-0.2, 0) is 16.1 Å². The Morgan fingerprint density at radius 2 is 1.94 bits per heavy atom. The van der Waals surface area contributed by atoms with Gasteiger partial charge in [-0.3, -0.25) is 14.7 Å². The summed E-state index contributed by atoms with van der Waals surface area (Å²) >= 11 is 0. The van der Waals surface area contributed by atoms with Crippen LogP contribution in [0.2, 0.25) is 0 Å². The second-order valence-electron chi connectivity index (χ2n) is 9.37. The molecule has 8 heteroatoms. The third kappa shape index (κ3) is 5.98. The van der Waals surface area contributed by atoms with Crippen LogP contribution in [0.3, 0.4) is 0 Å². The molecule has 0 bridgehead atoms. The number of ether oxygens (including phenoxy) is 2.